The number of nitrogens with two attached hydrogens (primary N) is 1. The summed E-state index contributed by atoms with van der Waals surface area (Å²) in [5.74, 6) is 0.256. The summed E-state index contributed by atoms with van der Waals surface area (Å²) in [6.45, 7) is 2.60. The van der Waals surface area contributed by atoms with Crippen LogP contribution in [0.1, 0.15) is 37.2 Å². The highest BCUT2D eigenvalue weighted by molar-refractivity contribution is 5.84. The second-order valence-corrected chi connectivity index (χ2v) is 6.17. The van der Waals surface area contributed by atoms with Crippen molar-refractivity contribution in [3.8, 4) is 0 Å². The zero-order valence-corrected chi connectivity index (χ0v) is 12.5. The summed E-state index contributed by atoms with van der Waals surface area (Å²) < 4.78 is 5.93. The minimum Gasteiger partial charge on any atom is -0.387 e. The molecule has 114 valence electrons. The molecule has 0 aromatic heterocycles. The van der Waals surface area contributed by atoms with Crippen molar-refractivity contribution < 1.29 is 4.74 Å². The van der Waals surface area contributed by atoms with Gasteiger partial charge in [0.05, 0.1) is 24.5 Å². The Bertz CT molecular complexity index is 474. The SMILES string of the molecule is N=C(N)C(CN1CCOC2CCCCC21)c1ccccc1. The number of ether oxygens (including phenoxy) is 1. The Hall–Kier alpha value is -1.39. The van der Waals surface area contributed by atoms with Crippen LogP contribution in [-0.2, 0) is 4.74 Å². The Kier molecular flexibility index (Phi) is 4.56. The zero-order valence-electron chi connectivity index (χ0n) is 12.5. The summed E-state index contributed by atoms with van der Waals surface area (Å²) in [6, 6.07) is 10.7. The molecule has 21 heavy (non-hydrogen) atoms. The maximum atomic E-state index is 7.96. The molecule has 0 amide bonds. The maximum Gasteiger partial charge on any atom is 0.0995 e. The zero-order chi connectivity index (χ0) is 14.7. The molecular weight excluding hydrogens is 262 g/mol. The van der Waals surface area contributed by atoms with Crippen LogP contribution in [0.5, 0.6) is 0 Å². The van der Waals surface area contributed by atoms with E-state index in [1.165, 1.54) is 25.7 Å². The molecule has 1 heterocycles. The van der Waals surface area contributed by atoms with Crippen molar-refractivity contribution in [3.63, 3.8) is 0 Å². The Balaban J connectivity index is 1.74. The highest BCUT2D eigenvalue weighted by Gasteiger charge is 2.35. The van der Waals surface area contributed by atoms with E-state index in [0.717, 1.165) is 25.3 Å². The van der Waals surface area contributed by atoms with E-state index in [1.54, 1.807) is 0 Å². The molecule has 1 aliphatic carbocycles. The van der Waals surface area contributed by atoms with Crippen molar-refractivity contribution in [1.29, 1.82) is 5.41 Å². The third-order valence-corrected chi connectivity index (χ3v) is 4.84. The molecule has 1 aromatic carbocycles. The molecule has 2 aliphatic rings. The first kappa shape index (κ1) is 14.5. The number of nitrogens with zero attached hydrogens (tertiary/aromatic N) is 1. The number of fused-ring (bicyclic) bond motifs is 1. The van der Waals surface area contributed by atoms with E-state index < -0.39 is 0 Å². The van der Waals surface area contributed by atoms with Gasteiger partial charge in [-0.05, 0) is 18.4 Å². The van der Waals surface area contributed by atoms with Gasteiger partial charge in [0.25, 0.3) is 0 Å². The predicted octanol–water partition coefficient (Wildman–Crippen LogP) is 2.35. The smallest absolute Gasteiger partial charge is 0.0995 e. The summed E-state index contributed by atoms with van der Waals surface area (Å²) in [5.41, 5.74) is 7.02. The van der Waals surface area contributed by atoms with Crippen LogP contribution in [0.4, 0.5) is 0 Å². The van der Waals surface area contributed by atoms with Crippen LogP contribution in [0.2, 0.25) is 0 Å². The van der Waals surface area contributed by atoms with Crippen molar-refractivity contribution in [2.45, 2.75) is 43.7 Å². The molecule has 0 bridgehead atoms. The largest absolute Gasteiger partial charge is 0.387 e. The molecule has 1 aromatic rings. The van der Waals surface area contributed by atoms with Gasteiger partial charge in [0.1, 0.15) is 0 Å². The van der Waals surface area contributed by atoms with Gasteiger partial charge in [0, 0.05) is 19.1 Å². The van der Waals surface area contributed by atoms with Crippen LogP contribution in [0, 0.1) is 5.41 Å². The lowest BCUT2D eigenvalue weighted by atomic mass is 9.88. The van der Waals surface area contributed by atoms with E-state index in [2.05, 4.69) is 17.0 Å². The van der Waals surface area contributed by atoms with Crippen molar-refractivity contribution in [2.24, 2.45) is 5.73 Å². The number of hydrogen-bond donors (Lipinski definition) is 2. The molecule has 1 aliphatic heterocycles. The summed E-state index contributed by atoms with van der Waals surface area (Å²) in [4.78, 5) is 2.51. The van der Waals surface area contributed by atoms with Gasteiger partial charge in [-0.1, -0.05) is 43.2 Å². The van der Waals surface area contributed by atoms with Crippen molar-refractivity contribution in [1.82, 2.24) is 4.90 Å². The van der Waals surface area contributed by atoms with Crippen LogP contribution < -0.4 is 5.73 Å². The lowest BCUT2D eigenvalue weighted by Gasteiger charge is -2.45. The number of rotatable bonds is 4. The predicted molar refractivity (Wildman–Crippen MR) is 84.7 cm³/mol. The second-order valence-electron chi connectivity index (χ2n) is 6.17. The number of benzene rings is 1. The molecule has 1 saturated heterocycles. The van der Waals surface area contributed by atoms with E-state index in [0.29, 0.717) is 12.1 Å². The lowest BCUT2D eigenvalue weighted by Crippen LogP contribution is -2.54. The first-order valence-corrected chi connectivity index (χ1v) is 8.00. The quantitative estimate of drug-likeness (QED) is 0.660. The average molecular weight is 287 g/mol. The van der Waals surface area contributed by atoms with E-state index in [1.807, 2.05) is 18.2 Å². The highest BCUT2D eigenvalue weighted by Crippen LogP contribution is 2.30. The molecule has 3 N–H and O–H groups in total. The fraction of sp³-hybridized carbons (Fsp3) is 0.588. The monoisotopic (exact) mass is 287 g/mol. The van der Waals surface area contributed by atoms with E-state index in [4.69, 9.17) is 15.9 Å². The number of amidine groups is 1. The minimum absolute atomic E-state index is 0.00752. The molecular formula is C17H25N3O. The van der Waals surface area contributed by atoms with Crippen molar-refractivity contribution in [3.05, 3.63) is 35.9 Å². The standard InChI is InChI=1S/C17H25N3O/c18-17(19)14(13-6-2-1-3-7-13)12-20-10-11-21-16-9-5-4-8-15(16)20/h1-3,6-7,14-16H,4-5,8-12H2,(H3,18,19). The molecule has 0 radical (unpaired) electrons. The molecule has 4 heteroatoms. The van der Waals surface area contributed by atoms with Crippen molar-refractivity contribution >= 4 is 5.84 Å². The van der Waals surface area contributed by atoms with Gasteiger partial charge in [-0.2, -0.15) is 0 Å². The average Bonchev–Trinajstić information content (AvgIpc) is 2.53. The van der Waals surface area contributed by atoms with Gasteiger partial charge >= 0.3 is 0 Å². The molecule has 4 nitrogen and oxygen atoms in total. The fourth-order valence-corrected chi connectivity index (χ4v) is 3.71. The normalized spacial score (nSPS) is 27.8. The van der Waals surface area contributed by atoms with Gasteiger partial charge in [0.2, 0.25) is 0 Å². The van der Waals surface area contributed by atoms with Gasteiger partial charge in [-0.25, -0.2) is 0 Å². The third-order valence-electron chi connectivity index (χ3n) is 4.84. The molecule has 1 saturated carbocycles. The van der Waals surface area contributed by atoms with Crippen LogP contribution in [0.15, 0.2) is 30.3 Å². The highest BCUT2D eigenvalue weighted by atomic mass is 16.5. The Morgan fingerprint density at radius 1 is 1.29 bits per heavy atom. The minimum atomic E-state index is -0.00752. The van der Waals surface area contributed by atoms with Gasteiger partial charge in [-0.15, -0.1) is 0 Å². The molecule has 0 spiro atoms. The van der Waals surface area contributed by atoms with Crippen LogP contribution in [0.25, 0.3) is 0 Å². The van der Waals surface area contributed by atoms with E-state index in [9.17, 15) is 0 Å². The number of nitrogens with one attached hydrogen (secondary N) is 1. The molecule has 3 unspecified atom stereocenters. The summed E-state index contributed by atoms with van der Waals surface area (Å²) in [7, 11) is 0. The Morgan fingerprint density at radius 2 is 2.05 bits per heavy atom. The van der Waals surface area contributed by atoms with Crippen LogP contribution >= 0.6 is 0 Å². The first-order valence-electron chi connectivity index (χ1n) is 8.00. The Labute approximate surface area is 126 Å². The summed E-state index contributed by atoms with van der Waals surface area (Å²) in [6.07, 6.45) is 5.35. The third kappa shape index (κ3) is 3.27. The lowest BCUT2D eigenvalue weighted by molar-refractivity contribution is -0.0882. The van der Waals surface area contributed by atoms with Crippen molar-refractivity contribution in [2.75, 3.05) is 19.7 Å². The van der Waals surface area contributed by atoms with Gasteiger partial charge in [-0.3, -0.25) is 10.3 Å². The molecule has 2 fully saturated rings. The van der Waals surface area contributed by atoms with Crippen LogP contribution in [-0.4, -0.2) is 42.6 Å². The first-order chi connectivity index (χ1) is 10.3. The number of morpholine rings is 1. The van der Waals surface area contributed by atoms with Crippen LogP contribution in [0.3, 0.4) is 0 Å². The number of hydrogen-bond acceptors (Lipinski definition) is 3. The molecule has 3 atom stereocenters. The molecule has 3 rings (SSSR count). The summed E-state index contributed by atoms with van der Waals surface area (Å²) >= 11 is 0. The Morgan fingerprint density at radius 3 is 2.81 bits per heavy atom. The maximum absolute atomic E-state index is 7.96. The van der Waals surface area contributed by atoms with E-state index in [-0.39, 0.29) is 11.8 Å². The summed E-state index contributed by atoms with van der Waals surface area (Å²) in [5, 5.41) is 7.96. The van der Waals surface area contributed by atoms with E-state index >= 15 is 0 Å². The fourth-order valence-electron chi connectivity index (χ4n) is 3.71. The van der Waals surface area contributed by atoms with Gasteiger partial charge in [0.15, 0.2) is 0 Å². The second kappa shape index (κ2) is 6.58. The van der Waals surface area contributed by atoms with Gasteiger partial charge < -0.3 is 10.5 Å². The topological polar surface area (TPSA) is 62.3 Å².